The molecule has 0 fully saturated rings. The molecule has 0 N–H and O–H groups in total. The SMILES string of the molecule is Cc1oc(C)c(C(=O)OCc2nnc(-c3ccccc3)o2)c1C. The number of aryl methyl sites for hydroxylation is 2. The van der Waals surface area contributed by atoms with Crippen LogP contribution in [-0.4, -0.2) is 16.2 Å². The van der Waals surface area contributed by atoms with Crippen molar-refractivity contribution in [3.63, 3.8) is 0 Å². The summed E-state index contributed by atoms with van der Waals surface area (Å²) in [5, 5.41) is 7.84. The van der Waals surface area contributed by atoms with Crippen LogP contribution in [0.1, 0.15) is 33.3 Å². The van der Waals surface area contributed by atoms with Crippen molar-refractivity contribution in [3.8, 4) is 11.5 Å². The van der Waals surface area contributed by atoms with Crippen LogP contribution in [-0.2, 0) is 11.3 Å². The van der Waals surface area contributed by atoms with Crippen molar-refractivity contribution in [2.24, 2.45) is 0 Å². The summed E-state index contributed by atoms with van der Waals surface area (Å²) in [5.41, 5.74) is 2.04. The molecule has 2 heterocycles. The first kappa shape index (κ1) is 15.0. The van der Waals surface area contributed by atoms with Crippen molar-refractivity contribution in [1.29, 1.82) is 0 Å². The molecule has 0 saturated heterocycles. The lowest BCUT2D eigenvalue weighted by atomic mass is 10.1. The van der Waals surface area contributed by atoms with Crippen LogP contribution in [0.2, 0.25) is 0 Å². The predicted molar refractivity (Wildman–Crippen MR) is 81.8 cm³/mol. The van der Waals surface area contributed by atoms with Gasteiger partial charge < -0.3 is 13.6 Å². The van der Waals surface area contributed by atoms with Gasteiger partial charge in [0.05, 0.1) is 0 Å². The van der Waals surface area contributed by atoms with Gasteiger partial charge in [-0.25, -0.2) is 4.79 Å². The summed E-state index contributed by atoms with van der Waals surface area (Å²) in [5.74, 6) is 1.42. The third-order valence-electron chi connectivity index (χ3n) is 3.58. The smallest absolute Gasteiger partial charge is 0.342 e. The van der Waals surface area contributed by atoms with Gasteiger partial charge in [0.15, 0.2) is 6.61 Å². The number of carbonyl (C=O) groups is 1. The number of hydrogen-bond donors (Lipinski definition) is 0. The standard InChI is InChI=1S/C17H16N2O4/c1-10-11(2)22-12(3)15(10)17(20)21-9-14-18-19-16(23-14)13-7-5-4-6-8-13/h4-8H,9H2,1-3H3. The Morgan fingerprint density at radius 3 is 2.43 bits per heavy atom. The molecule has 23 heavy (non-hydrogen) atoms. The number of carbonyl (C=O) groups excluding carboxylic acids is 1. The van der Waals surface area contributed by atoms with Gasteiger partial charge in [0.1, 0.15) is 17.1 Å². The second kappa shape index (κ2) is 6.08. The zero-order valence-corrected chi connectivity index (χ0v) is 13.1. The molecule has 0 unspecified atom stereocenters. The number of esters is 1. The van der Waals surface area contributed by atoms with Gasteiger partial charge in [-0.05, 0) is 32.9 Å². The van der Waals surface area contributed by atoms with Gasteiger partial charge in [-0.3, -0.25) is 0 Å². The van der Waals surface area contributed by atoms with E-state index < -0.39 is 5.97 Å². The van der Waals surface area contributed by atoms with Crippen LogP contribution in [0.25, 0.3) is 11.5 Å². The number of nitrogens with zero attached hydrogens (tertiary/aromatic N) is 2. The lowest BCUT2D eigenvalue weighted by molar-refractivity contribution is 0.0436. The van der Waals surface area contributed by atoms with Crippen LogP contribution in [0.3, 0.4) is 0 Å². The van der Waals surface area contributed by atoms with Gasteiger partial charge in [0.2, 0.25) is 5.89 Å². The van der Waals surface area contributed by atoms with E-state index in [0.717, 1.165) is 11.1 Å². The van der Waals surface area contributed by atoms with Gasteiger partial charge in [-0.2, -0.15) is 0 Å². The molecule has 2 aromatic heterocycles. The highest BCUT2D eigenvalue weighted by Crippen LogP contribution is 2.22. The highest BCUT2D eigenvalue weighted by atomic mass is 16.5. The fraction of sp³-hybridized carbons (Fsp3) is 0.235. The first-order valence-corrected chi connectivity index (χ1v) is 7.17. The van der Waals surface area contributed by atoms with Crippen molar-refractivity contribution in [2.75, 3.05) is 0 Å². The molecule has 6 nitrogen and oxygen atoms in total. The summed E-state index contributed by atoms with van der Waals surface area (Å²) < 4.78 is 16.2. The molecule has 118 valence electrons. The van der Waals surface area contributed by atoms with E-state index in [2.05, 4.69) is 10.2 Å². The van der Waals surface area contributed by atoms with Crippen LogP contribution in [0, 0.1) is 20.8 Å². The molecule has 0 aliphatic rings. The minimum Gasteiger partial charge on any atom is -0.465 e. The van der Waals surface area contributed by atoms with Gasteiger partial charge in [0, 0.05) is 11.1 Å². The predicted octanol–water partition coefficient (Wildman–Crippen LogP) is 3.61. The minimum absolute atomic E-state index is 0.0816. The molecule has 3 rings (SSSR count). The molecule has 3 aromatic rings. The molecule has 0 bridgehead atoms. The Labute approximate surface area is 133 Å². The van der Waals surface area contributed by atoms with Crippen LogP contribution in [0.15, 0.2) is 39.2 Å². The van der Waals surface area contributed by atoms with Crippen molar-refractivity contribution >= 4 is 5.97 Å². The molecule has 0 aliphatic carbocycles. The summed E-state index contributed by atoms with van der Waals surface area (Å²) in [7, 11) is 0. The lowest BCUT2D eigenvalue weighted by Gasteiger charge is -2.01. The molecule has 0 atom stereocenters. The van der Waals surface area contributed by atoms with E-state index in [0.29, 0.717) is 23.0 Å². The molecule has 6 heteroatoms. The Morgan fingerprint density at radius 2 is 1.78 bits per heavy atom. The number of hydrogen-bond acceptors (Lipinski definition) is 6. The van der Waals surface area contributed by atoms with Gasteiger partial charge in [-0.15, -0.1) is 10.2 Å². The largest absolute Gasteiger partial charge is 0.465 e. The van der Waals surface area contributed by atoms with E-state index in [4.69, 9.17) is 13.6 Å². The first-order chi connectivity index (χ1) is 11.1. The van der Waals surface area contributed by atoms with Crippen molar-refractivity contribution < 1.29 is 18.4 Å². The number of furan rings is 1. The van der Waals surface area contributed by atoms with E-state index in [9.17, 15) is 4.79 Å². The topological polar surface area (TPSA) is 78.4 Å². The van der Waals surface area contributed by atoms with Crippen LogP contribution >= 0.6 is 0 Å². The molecule has 0 radical (unpaired) electrons. The number of benzene rings is 1. The Kier molecular flexibility index (Phi) is 3.97. The average Bonchev–Trinajstić information content (AvgIpc) is 3.11. The number of ether oxygens (including phenoxy) is 1. The molecule has 0 aliphatic heterocycles. The van der Waals surface area contributed by atoms with Gasteiger partial charge >= 0.3 is 5.97 Å². The third kappa shape index (κ3) is 3.01. The van der Waals surface area contributed by atoms with Crippen molar-refractivity contribution in [3.05, 3.63) is 58.9 Å². The lowest BCUT2D eigenvalue weighted by Crippen LogP contribution is -2.07. The minimum atomic E-state index is -0.462. The van der Waals surface area contributed by atoms with E-state index >= 15 is 0 Å². The van der Waals surface area contributed by atoms with E-state index in [-0.39, 0.29) is 12.5 Å². The van der Waals surface area contributed by atoms with Gasteiger partial charge in [0.25, 0.3) is 5.89 Å². The van der Waals surface area contributed by atoms with Crippen molar-refractivity contribution in [2.45, 2.75) is 27.4 Å². The molecule has 0 amide bonds. The first-order valence-electron chi connectivity index (χ1n) is 7.17. The summed E-state index contributed by atoms with van der Waals surface area (Å²) in [6.07, 6.45) is 0. The zero-order chi connectivity index (χ0) is 16.4. The maximum Gasteiger partial charge on any atom is 0.342 e. The summed E-state index contributed by atoms with van der Waals surface area (Å²) >= 11 is 0. The number of rotatable bonds is 4. The molecular weight excluding hydrogens is 296 g/mol. The maximum absolute atomic E-state index is 12.2. The highest BCUT2D eigenvalue weighted by molar-refractivity contribution is 5.92. The molecule has 1 aromatic carbocycles. The Balaban J connectivity index is 1.69. The van der Waals surface area contributed by atoms with E-state index in [1.165, 1.54) is 0 Å². The summed E-state index contributed by atoms with van der Waals surface area (Å²) in [6.45, 7) is 5.28. The van der Waals surface area contributed by atoms with Crippen LogP contribution in [0.4, 0.5) is 0 Å². The fourth-order valence-electron chi connectivity index (χ4n) is 2.30. The van der Waals surface area contributed by atoms with Crippen LogP contribution < -0.4 is 0 Å². The molecule has 0 spiro atoms. The van der Waals surface area contributed by atoms with Gasteiger partial charge in [-0.1, -0.05) is 18.2 Å². The highest BCUT2D eigenvalue weighted by Gasteiger charge is 2.20. The Hall–Kier alpha value is -2.89. The van der Waals surface area contributed by atoms with E-state index in [1.807, 2.05) is 44.2 Å². The fourth-order valence-corrected chi connectivity index (χ4v) is 2.30. The zero-order valence-electron chi connectivity index (χ0n) is 13.1. The van der Waals surface area contributed by atoms with E-state index in [1.54, 1.807) is 6.92 Å². The Morgan fingerprint density at radius 1 is 1.04 bits per heavy atom. The van der Waals surface area contributed by atoms with Crippen LogP contribution in [0.5, 0.6) is 0 Å². The van der Waals surface area contributed by atoms with Crippen molar-refractivity contribution in [1.82, 2.24) is 10.2 Å². The monoisotopic (exact) mass is 312 g/mol. The second-order valence-corrected chi connectivity index (χ2v) is 5.16. The average molecular weight is 312 g/mol. The second-order valence-electron chi connectivity index (χ2n) is 5.16. The molecule has 0 saturated carbocycles. The quantitative estimate of drug-likeness (QED) is 0.685. The number of aromatic nitrogens is 2. The molecular formula is C17H16N2O4. The third-order valence-corrected chi connectivity index (χ3v) is 3.58. The normalized spacial score (nSPS) is 10.7. The summed E-state index contributed by atoms with van der Waals surface area (Å²) in [6, 6.07) is 9.40. The Bertz CT molecular complexity index is 834. The maximum atomic E-state index is 12.2. The summed E-state index contributed by atoms with van der Waals surface area (Å²) in [4.78, 5) is 12.2.